The summed E-state index contributed by atoms with van der Waals surface area (Å²) >= 11 is 0. The molecule has 0 fully saturated rings. The fourth-order valence-electron chi connectivity index (χ4n) is 2.55. The quantitative estimate of drug-likeness (QED) is 0.811. The van der Waals surface area contributed by atoms with Crippen molar-refractivity contribution in [1.29, 1.82) is 0 Å². The van der Waals surface area contributed by atoms with E-state index in [1.807, 2.05) is 18.2 Å². The third-order valence-electron chi connectivity index (χ3n) is 4.14. The summed E-state index contributed by atoms with van der Waals surface area (Å²) in [6.07, 6.45) is 1.08. The molecule has 24 heavy (non-hydrogen) atoms. The molecule has 0 unspecified atom stereocenters. The number of hydrogen-bond donors (Lipinski definition) is 1. The highest BCUT2D eigenvalue weighted by molar-refractivity contribution is 6.01. The number of carbonyl (C=O) groups excluding carboxylic acids is 2. The highest BCUT2D eigenvalue weighted by atomic mass is 16.5. The van der Waals surface area contributed by atoms with Gasteiger partial charge < -0.3 is 10.1 Å². The number of hydrogen-bond acceptors (Lipinski definition) is 3. The van der Waals surface area contributed by atoms with Crippen LogP contribution in [-0.2, 0) is 14.9 Å². The van der Waals surface area contributed by atoms with Crippen LogP contribution in [0.4, 0.5) is 5.69 Å². The predicted molar refractivity (Wildman–Crippen MR) is 95.1 cm³/mol. The normalized spacial score (nSPS) is 11.0. The first-order valence-corrected chi connectivity index (χ1v) is 7.97. The van der Waals surface area contributed by atoms with Gasteiger partial charge in [-0.25, -0.2) is 4.79 Å². The second kappa shape index (κ2) is 7.77. The Balaban J connectivity index is 2.01. The Bertz CT molecular complexity index is 708. The molecule has 2 aromatic rings. The second-order valence-electron chi connectivity index (χ2n) is 6.34. The van der Waals surface area contributed by atoms with Gasteiger partial charge in [-0.05, 0) is 29.5 Å². The molecule has 0 aromatic heterocycles. The number of esters is 1. The standard InChI is InChI=1S/C20H23NO3/c1-20(2,15-9-5-4-6-10-15)14-13-18(22)21-17-12-8-7-11-16(17)19(23)24-3/h4-12H,13-14H2,1-3H3,(H,21,22). The van der Waals surface area contributed by atoms with Gasteiger partial charge in [0.1, 0.15) is 0 Å². The van der Waals surface area contributed by atoms with Crippen LogP contribution < -0.4 is 5.32 Å². The maximum Gasteiger partial charge on any atom is 0.339 e. The molecule has 0 aliphatic carbocycles. The van der Waals surface area contributed by atoms with Crippen molar-refractivity contribution in [1.82, 2.24) is 0 Å². The molecule has 0 radical (unpaired) electrons. The second-order valence-corrected chi connectivity index (χ2v) is 6.34. The Morgan fingerprint density at radius 2 is 1.62 bits per heavy atom. The molecule has 0 aliphatic rings. The maximum atomic E-state index is 12.3. The van der Waals surface area contributed by atoms with Gasteiger partial charge in [0.2, 0.25) is 5.91 Å². The van der Waals surface area contributed by atoms with Gasteiger partial charge in [0.15, 0.2) is 0 Å². The lowest BCUT2D eigenvalue weighted by molar-refractivity contribution is -0.116. The van der Waals surface area contributed by atoms with Crippen molar-refractivity contribution in [3.05, 3.63) is 65.7 Å². The molecule has 2 aromatic carbocycles. The first-order valence-electron chi connectivity index (χ1n) is 7.97. The minimum absolute atomic E-state index is 0.0968. The van der Waals surface area contributed by atoms with Crippen molar-refractivity contribution in [3.63, 3.8) is 0 Å². The molecular formula is C20H23NO3. The van der Waals surface area contributed by atoms with Crippen LogP contribution in [0.3, 0.4) is 0 Å². The average molecular weight is 325 g/mol. The van der Waals surface area contributed by atoms with Crippen LogP contribution in [0.15, 0.2) is 54.6 Å². The molecule has 1 N–H and O–H groups in total. The van der Waals surface area contributed by atoms with E-state index in [-0.39, 0.29) is 11.3 Å². The first-order chi connectivity index (χ1) is 11.4. The van der Waals surface area contributed by atoms with E-state index in [2.05, 4.69) is 31.3 Å². The Labute approximate surface area is 142 Å². The van der Waals surface area contributed by atoms with Crippen LogP contribution in [0, 0.1) is 0 Å². The van der Waals surface area contributed by atoms with Crippen molar-refractivity contribution < 1.29 is 14.3 Å². The molecule has 0 saturated heterocycles. The predicted octanol–water partition coefficient (Wildman–Crippen LogP) is 4.17. The average Bonchev–Trinajstić information content (AvgIpc) is 2.60. The molecule has 4 nitrogen and oxygen atoms in total. The van der Waals surface area contributed by atoms with E-state index in [1.54, 1.807) is 24.3 Å². The fraction of sp³-hybridized carbons (Fsp3) is 0.300. The molecule has 0 saturated carbocycles. The van der Waals surface area contributed by atoms with E-state index in [4.69, 9.17) is 4.74 Å². The van der Waals surface area contributed by atoms with Crippen LogP contribution in [0.5, 0.6) is 0 Å². The van der Waals surface area contributed by atoms with Crippen molar-refractivity contribution in [2.24, 2.45) is 0 Å². The lowest BCUT2D eigenvalue weighted by Gasteiger charge is -2.25. The SMILES string of the molecule is COC(=O)c1ccccc1NC(=O)CCC(C)(C)c1ccccc1. The van der Waals surface area contributed by atoms with Crippen LogP contribution in [-0.4, -0.2) is 19.0 Å². The summed E-state index contributed by atoms with van der Waals surface area (Å²) in [5.41, 5.74) is 1.94. The Hall–Kier alpha value is -2.62. The zero-order valence-corrected chi connectivity index (χ0v) is 14.3. The summed E-state index contributed by atoms with van der Waals surface area (Å²) in [7, 11) is 1.32. The molecular weight excluding hydrogens is 302 g/mol. The summed E-state index contributed by atoms with van der Waals surface area (Å²) in [6.45, 7) is 4.25. The summed E-state index contributed by atoms with van der Waals surface area (Å²) < 4.78 is 4.74. The lowest BCUT2D eigenvalue weighted by Crippen LogP contribution is -2.22. The smallest absolute Gasteiger partial charge is 0.339 e. The highest BCUT2D eigenvalue weighted by Gasteiger charge is 2.22. The van der Waals surface area contributed by atoms with Crippen LogP contribution in [0.25, 0.3) is 0 Å². The third-order valence-corrected chi connectivity index (χ3v) is 4.14. The largest absolute Gasteiger partial charge is 0.465 e. The summed E-state index contributed by atoms with van der Waals surface area (Å²) in [4.78, 5) is 24.0. The fourth-order valence-corrected chi connectivity index (χ4v) is 2.55. The topological polar surface area (TPSA) is 55.4 Å². The Kier molecular flexibility index (Phi) is 5.74. The van der Waals surface area contributed by atoms with E-state index in [0.717, 1.165) is 0 Å². The van der Waals surface area contributed by atoms with E-state index in [9.17, 15) is 9.59 Å². The van der Waals surface area contributed by atoms with E-state index in [0.29, 0.717) is 24.1 Å². The summed E-state index contributed by atoms with van der Waals surface area (Å²) in [5.74, 6) is -0.578. The molecule has 0 atom stereocenters. The van der Waals surface area contributed by atoms with Gasteiger partial charge in [0.25, 0.3) is 0 Å². The van der Waals surface area contributed by atoms with Crippen LogP contribution >= 0.6 is 0 Å². The zero-order chi connectivity index (χ0) is 17.6. The molecule has 1 amide bonds. The Morgan fingerprint density at radius 1 is 1.00 bits per heavy atom. The number of nitrogens with one attached hydrogen (secondary N) is 1. The molecule has 0 spiro atoms. The number of ether oxygens (including phenoxy) is 1. The van der Waals surface area contributed by atoms with Crippen molar-refractivity contribution in [2.45, 2.75) is 32.1 Å². The minimum Gasteiger partial charge on any atom is -0.465 e. The minimum atomic E-state index is -0.462. The summed E-state index contributed by atoms with van der Waals surface area (Å²) in [5, 5.41) is 2.81. The molecule has 2 rings (SSSR count). The monoisotopic (exact) mass is 325 g/mol. The lowest BCUT2D eigenvalue weighted by atomic mass is 9.80. The van der Waals surface area contributed by atoms with Crippen LogP contribution in [0.2, 0.25) is 0 Å². The molecule has 126 valence electrons. The van der Waals surface area contributed by atoms with E-state index < -0.39 is 5.97 Å². The number of amides is 1. The molecule has 0 bridgehead atoms. The van der Waals surface area contributed by atoms with E-state index in [1.165, 1.54) is 12.7 Å². The molecule has 0 heterocycles. The van der Waals surface area contributed by atoms with E-state index >= 15 is 0 Å². The zero-order valence-electron chi connectivity index (χ0n) is 14.3. The molecule has 4 heteroatoms. The number of anilines is 1. The number of carbonyl (C=O) groups is 2. The van der Waals surface area contributed by atoms with Gasteiger partial charge in [-0.3, -0.25) is 4.79 Å². The third kappa shape index (κ3) is 4.44. The van der Waals surface area contributed by atoms with Gasteiger partial charge in [-0.15, -0.1) is 0 Å². The number of rotatable bonds is 6. The van der Waals surface area contributed by atoms with Crippen molar-refractivity contribution >= 4 is 17.6 Å². The van der Waals surface area contributed by atoms with Crippen molar-refractivity contribution in [2.75, 3.05) is 12.4 Å². The Morgan fingerprint density at radius 3 is 2.29 bits per heavy atom. The van der Waals surface area contributed by atoms with Gasteiger partial charge in [-0.2, -0.15) is 0 Å². The van der Waals surface area contributed by atoms with Gasteiger partial charge in [0, 0.05) is 6.42 Å². The first kappa shape index (κ1) is 17.7. The van der Waals surface area contributed by atoms with Crippen molar-refractivity contribution in [3.8, 4) is 0 Å². The van der Waals surface area contributed by atoms with Gasteiger partial charge in [-0.1, -0.05) is 56.3 Å². The maximum absolute atomic E-state index is 12.3. The number of methoxy groups -OCH3 is 1. The number of benzene rings is 2. The van der Waals surface area contributed by atoms with Crippen LogP contribution in [0.1, 0.15) is 42.6 Å². The number of para-hydroxylation sites is 1. The molecule has 0 aliphatic heterocycles. The highest BCUT2D eigenvalue weighted by Crippen LogP contribution is 2.28. The van der Waals surface area contributed by atoms with Gasteiger partial charge in [0.05, 0.1) is 18.4 Å². The summed E-state index contributed by atoms with van der Waals surface area (Å²) in [6, 6.07) is 17.0. The van der Waals surface area contributed by atoms with Gasteiger partial charge >= 0.3 is 5.97 Å².